The summed E-state index contributed by atoms with van der Waals surface area (Å²) in [6, 6.07) is 6.06. The smallest absolute Gasteiger partial charge is 0.251 e. The van der Waals surface area contributed by atoms with Crippen molar-refractivity contribution in [3.63, 3.8) is 0 Å². The molecule has 2 rings (SSSR count). The van der Waals surface area contributed by atoms with Gasteiger partial charge in [0.25, 0.3) is 5.91 Å². The Labute approximate surface area is 120 Å². The van der Waals surface area contributed by atoms with E-state index in [1.54, 1.807) is 0 Å². The third-order valence-electron chi connectivity index (χ3n) is 3.30. The molecule has 0 spiro atoms. The summed E-state index contributed by atoms with van der Waals surface area (Å²) in [5.74, 6) is 0.935. The second kappa shape index (κ2) is 5.94. The fourth-order valence-electron chi connectivity index (χ4n) is 2.40. The Morgan fingerprint density at radius 3 is 2.60 bits per heavy atom. The summed E-state index contributed by atoms with van der Waals surface area (Å²) in [6.45, 7) is 1.31. The minimum absolute atomic E-state index is 0.0255. The third-order valence-corrected chi connectivity index (χ3v) is 3.30. The van der Waals surface area contributed by atoms with E-state index in [1.165, 1.54) is 0 Å². The largest absolute Gasteiger partial charge is 0.352 e. The molecule has 0 aliphatic carbocycles. The molecule has 0 saturated heterocycles. The van der Waals surface area contributed by atoms with Gasteiger partial charge in [0.1, 0.15) is 0 Å². The summed E-state index contributed by atoms with van der Waals surface area (Å²) in [4.78, 5) is 20.4. The molecule has 0 unspecified atom stereocenters. The Morgan fingerprint density at radius 2 is 1.95 bits per heavy atom. The van der Waals surface area contributed by atoms with Crippen molar-refractivity contribution in [2.24, 2.45) is 4.99 Å². The number of amides is 1. The number of benzene rings is 1. The number of nitrogens with zero attached hydrogens (tertiary/aromatic N) is 3. The number of aliphatic imine (C=N–C) groups is 1. The maximum atomic E-state index is 11.8. The number of fused-ring (bicyclic) bond motifs is 1. The molecule has 1 amide bonds. The maximum Gasteiger partial charge on any atom is 0.251 e. The highest BCUT2D eigenvalue weighted by atomic mass is 16.1. The van der Waals surface area contributed by atoms with Crippen LogP contribution in [0.25, 0.3) is 0 Å². The first-order chi connectivity index (χ1) is 9.49. The molecule has 1 aromatic rings. The van der Waals surface area contributed by atoms with Gasteiger partial charge in [-0.2, -0.15) is 0 Å². The van der Waals surface area contributed by atoms with E-state index in [0.29, 0.717) is 6.54 Å². The lowest BCUT2D eigenvalue weighted by Gasteiger charge is -2.23. The van der Waals surface area contributed by atoms with Crippen molar-refractivity contribution in [3.8, 4) is 0 Å². The lowest BCUT2D eigenvalue weighted by Crippen LogP contribution is -2.35. The van der Waals surface area contributed by atoms with Crippen molar-refractivity contribution >= 4 is 11.9 Å². The molecule has 0 aromatic heterocycles. The molecule has 20 heavy (non-hydrogen) atoms. The van der Waals surface area contributed by atoms with E-state index < -0.39 is 0 Å². The van der Waals surface area contributed by atoms with E-state index in [-0.39, 0.29) is 5.91 Å². The fourth-order valence-corrected chi connectivity index (χ4v) is 2.40. The van der Waals surface area contributed by atoms with Crippen LogP contribution >= 0.6 is 0 Å². The number of hydrogen-bond acceptors (Lipinski definition) is 2. The Bertz CT molecular complexity index is 525. The van der Waals surface area contributed by atoms with Crippen LogP contribution in [0.2, 0.25) is 0 Å². The van der Waals surface area contributed by atoms with Crippen LogP contribution in [0.3, 0.4) is 0 Å². The fraction of sp³-hybridized carbons (Fsp3) is 0.467. The van der Waals surface area contributed by atoms with Crippen LogP contribution < -0.4 is 5.32 Å². The zero-order valence-corrected chi connectivity index (χ0v) is 12.6. The first kappa shape index (κ1) is 14.4. The zero-order chi connectivity index (χ0) is 14.7. The van der Waals surface area contributed by atoms with Crippen molar-refractivity contribution in [3.05, 3.63) is 34.9 Å². The predicted octanol–water partition coefficient (Wildman–Crippen LogP) is 0.952. The first-order valence-corrected chi connectivity index (χ1v) is 6.78. The quantitative estimate of drug-likeness (QED) is 0.645. The number of guanidine groups is 1. The van der Waals surface area contributed by atoms with Crippen molar-refractivity contribution in [2.45, 2.75) is 13.0 Å². The third kappa shape index (κ3) is 3.10. The average Bonchev–Trinajstić information content (AvgIpc) is 2.39. The number of nitrogens with one attached hydrogen (secondary N) is 1. The van der Waals surface area contributed by atoms with Crippen LogP contribution in [0.1, 0.15) is 21.5 Å². The van der Waals surface area contributed by atoms with Crippen molar-refractivity contribution in [1.29, 1.82) is 0 Å². The number of rotatable bonds is 2. The monoisotopic (exact) mass is 274 g/mol. The first-order valence-electron chi connectivity index (χ1n) is 6.78. The van der Waals surface area contributed by atoms with Crippen LogP contribution in [0.5, 0.6) is 0 Å². The molecule has 1 aliphatic rings. The predicted molar refractivity (Wildman–Crippen MR) is 81.0 cm³/mol. The summed E-state index contributed by atoms with van der Waals surface area (Å²) < 4.78 is 0. The van der Waals surface area contributed by atoms with Crippen LogP contribution in [-0.2, 0) is 13.0 Å². The molecular weight excluding hydrogens is 252 g/mol. The Kier molecular flexibility index (Phi) is 4.27. The highest BCUT2D eigenvalue weighted by molar-refractivity contribution is 5.96. The normalized spacial score (nSPS) is 13.3. The molecular formula is C15H22N4O. The van der Waals surface area contributed by atoms with E-state index >= 15 is 0 Å². The molecule has 0 fully saturated rings. The number of hydrogen-bond donors (Lipinski definition) is 1. The highest BCUT2D eigenvalue weighted by Crippen LogP contribution is 2.16. The van der Waals surface area contributed by atoms with Crippen LogP contribution in [0.4, 0.5) is 0 Å². The summed E-state index contributed by atoms with van der Waals surface area (Å²) >= 11 is 0. The van der Waals surface area contributed by atoms with Gasteiger partial charge in [0, 0.05) is 40.3 Å². The molecule has 1 heterocycles. The molecule has 5 nitrogen and oxygen atoms in total. The molecule has 0 saturated carbocycles. The van der Waals surface area contributed by atoms with Gasteiger partial charge in [-0.15, -0.1) is 0 Å². The topological polar surface area (TPSA) is 47.9 Å². The van der Waals surface area contributed by atoms with Gasteiger partial charge in [-0.05, 0) is 23.6 Å². The van der Waals surface area contributed by atoms with Crippen molar-refractivity contribution in [1.82, 2.24) is 15.1 Å². The van der Waals surface area contributed by atoms with Crippen molar-refractivity contribution in [2.75, 3.05) is 34.7 Å². The Balaban J connectivity index is 2.20. The molecule has 5 heteroatoms. The Morgan fingerprint density at radius 1 is 1.25 bits per heavy atom. The lowest BCUT2D eigenvalue weighted by molar-refractivity contribution is 0.0946. The number of carbonyl (C=O) groups excluding carboxylic acids is 1. The summed E-state index contributed by atoms with van der Waals surface area (Å²) in [7, 11) is 7.89. The van der Waals surface area contributed by atoms with Gasteiger partial charge in [-0.3, -0.25) is 4.79 Å². The summed E-state index contributed by atoms with van der Waals surface area (Å²) in [5.41, 5.74) is 2.98. The lowest BCUT2D eigenvalue weighted by atomic mass is 9.98. The summed E-state index contributed by atoms with van der Waals surface area (Å²) in [6.07, 6.45) is 0.908. The van der Waals surface area contributed by atoms with E-state index in [4.69, 9.17) is 0 Å². The minimum Gasteiger partial charge on any atom is -0.352 e. The van der Waals surface area contributed by atoms with E-state index in [0.717, 1.165) is 35.6 Å². The molecule has 1 aromatic carbocycles. The van der Waals surface area contributed by atoms with E-state index in [9.17, 15) is 4.79 Å². The summed E-state index contributed by atoms with van der Waals surface area (Å²) in [5, 5.41) is 2.88. The average molecular weight is 274 g/mol. The second-order valence-corrected chi connectivity index (χ2v) is 5.40. The van der Waals surface area contributed by atoms with Crippen LogP contribution in [-0.4, -0.2) is 56.4 Å². The molecule has 108 valence electrons. The van der Waals surface area contributed by atoms with Gasteiger partial charge >= 0.3 is 0 Å². The molecule has 0 bridgehead atoms. The van der Waals surface area contributed by atoms with E-state index in [2.05, 4.69) is 16.4 Å². The number of carbonyl (C=O) groups is 1. The molecule has 0 atom stereocenters. The van der Waals surface area contributed by atoms with Crippen LogP contribution in [0.15, 0.2) is 23.2 Å². The standard InChI is InChI=1S/C15H22N4O/c1-18(2)15(19(3)4)17-10-11-5-6-12-7-8-16-14(20)13(12)9-11/h5-6,9H,7-8,10H2,1-4H3,(H,16,20). The van der Waals surface area contributed by atoms with Gasteiger partial charge in [0.2, 0.25) is 0 Å². The van der Waals surface area contributed by atoms with E-state index in [1.807, 2.05) is 50.1 Å². The SMILES string of the molecule is CN(C)C(=NCc1ccc2c(c1)C(=O)NCC2)N(C)C. The second-order valence-electron chi connectivity index (χ2n) is 5.40. The minimum atomic E-state index is 0.0255. The van der Waals surface area contributed by atoms with Gasteiger partial charge < -0.3 is 15.1 Å². The van der Waals surface area contributed by atoms with Crippen LogP contribution in [0, 0.1) is 0 Å². The van der Waals surface area contributed by atoms with Gasteiger partial charge in [-0.25, -0.2) is 4.99 Å². The Hall–Kier alpha value is -2.04. The van der Waals surface area contributed by atoms with Gasteiger partial charge in [-0.1, -0.05) is 12.1 Å². The van der Waals surface area contributed by atoms with Gasteiger partial charge in [0.15, 0.2) is 5.96 Å². The maximum absolute atomic E-state index is 11.8. The molecule has 1 N–H and O–H groups in total. The van der Waals surface area contributed by atoms with Gasteiger partial charge in [0.05, 0.1) is 6.54 Å². The highest BCUT2D eigenvalue weighted by Gasteiger charge is 2.16. The molecule has 0 radical (unpaired) electrons. The zero-order valence-electron chi connectivity index (χ0n) is 12.6. The van der Waals surface area contributed by atoms with Crippen molar-refractivity contribution < 1.29 is 4.79 Å². The molecule has 1 aliphatic heterocycles.